The quantitative estimate of drug-likeness (QED) is 0.932. The molecule has 1 aliphatic rings. The van der Waals surface area contributed by atoms with Gasteiger partial charge < -0.3 is 5.73 Å². The predicted molar refractivity (Wildman–Crippen MR) is 73.6 cm³/mol. The van der Waals surface area contributed by atoms with Crippen molar-refractivity contribution in [2.75, 3.05) is 13.1 Å². The fraction of sp³-hybridized carbons (Fsp3) is 0.615. The molecule has 1 fully saturated rings. The predicted octanol–water partition coefficient (Wildman–Crippen LogP) is 2.40. The van der Waals surface area contributed by atoms with Crippen molar-refractivity contribution in [2.24, 2.45) is 11.7 Å². The van der Waals surface area contributed by atoms with E-state index in [-0.39, 0.29) is 0 Å². The molecule has 0 aliphatic carbocycles. The van der Waals surface area contributed by atoms with E-state index in [9.17, 15) is 0 Å². The molecule has 1 aromatic rings. The molecule has 3 nitrogen and oxygen atoms in total. The first-order valence-corrected chi connectivity index (χ1v) is 7.03. The Hall–Kier alpha value is -0.450. The molecule has 0 spiro atoms. The van der Waals surface area contributed by atoms with Crippen LogP contribution in [0.1, 0.15) is 25.5 Å². The average Bonchev–Trinajstić information content (AvgIpc) is 2.32. The first-order chi connectivity index (χ1) is 8.15. The Kier molecular flexibility index (Phi) is 4.54. The molecule has 1 aliphatic heterocycles. The number of piperidine rings is 1. The molecular formula is C13H20BrN3. The highest BCUT2D eigenvalue weighted by Gasteiger charge is 2.22. The van der Waals surface area contributed by atoms with Gasteiger partial charge in [0.15, 0.2) is 0 Å². The van der Waals surface area contributed by atoms with E-state index in [1.54, 1.807) is 0 Å². The van der Waals surface area contributed by atoms with Crippen LogP contribution in [0.25, 0.3) is 0 Å². The van der Waals surface area contributed by atoms with Crippen LogP contribution in [0.5, 0.6) is 0 Å². The number of halogens is 1. The highest BCUT2D eigenvalue weighted by molar-refractivity contribution is 9.10. The summed E-state index contributed by atoms with van der Waals surface area (Å²) in [5.74, 6) is 0.638. The first kappa shape index (κ1) is 13.0. The Morgan fingerprint density at radius 1 is 1.59 bits per heavy atom. The molecule has 1 aromatic heterocycles. The lowest BCUT2D eigenvalue weighted by Gasteiger charge is -2.34. The molecule has 2 unspecified atom stereocenters. The second-order valence-corrected chi connectivity index (χ2v) is 5.88. The first-order valence-electron chi connectivity index (χ1n) is 6.23. The molecule has 17 heavy (non-hydrogen) atoms. The van der Waals surface area contributed by atoms with E-state index in [4.69, 9.17) is 5.73 Å². The molecule has 2 N–H and O–H groups in total. The molecule has 94 valence electrons. The zero-order chi connectivity index (χ0) is 12.3. The average molecular weight is 298 g/mol. The SMILES string of the molecule is CC(N)C1CCCN(Cc2ccc(Br)cn2)C1. The van der Waals surface area contributed by atoms with Crippen LogP contribution >= 0.6 is 15.9 Å². The van der Waals surface area contributed by atoms with Crippen LogP contribution in [0.2, 0.25) is 0 Å². The molecule has 0 aromatic carbocycles. The Labute approximate surface area is 112 Å². The van der Waals surface area contributed by atoms with Crippen molar-refractivity contribution in [1.82, 2.24) is 9.88 Å². The lowest BCUT2D eigenvalue weighted by atomic mass is 9.92. The molecular weight excluding hydrogens is 278 g/mol. The van der Waals surface area contributed by atoms with Crippen molar-refractivity contribution in [3.05, 3.63) is 28.5 Å². The van der Waals surface area contributed by atoms with Gasteiger partial charge in [-0.1, -0.05) is 0 Å². The summed E-state index contributed by atoms with van der Waals surface area (Å²) in [5.41, 5.74) is 7.13. The van der Waals surface area contributed by atoms with Gasteiger partial charge >= 0.3 is 0 Å². The van der Waals surface area contributed by atoms with E-state index in [1.807, 2.05) is 6.20 Å². The molecule has 1 saturated heterocycles. The van der Waals surface area contributed by atoms with E-state index in [0.29, 0.717) is 12.0 Å². The van der Waals surface area contributed by atoms with Crippen LogP contribution in [0.3, 0.4) is 0 Å². The van der Waals surface area contributed by atoms with Crippen molar-refractivity contribution in [2.45, 2.75) is 32.4 Å². The monoisotopic (exact) mass is 297 g/mol. The van der Waals surface area contributed by atoms with E-state index >= 15 is 0 Å². The lowest BCUT2D eigenvalue weighted by Crippen LogP contribution is -2.42. The maximum absolute atomic E-state index is 5.99. The lowest BCUT2D eigenvalue weighted by molar-refractivity contribution is 0.153. The zero-order valence-corrected chi connectivity index (χ0v) is 11.9. The Morgan fingerprint density at radius 3 is 3.06 bits per heavy atom. The molecule has 0 bridgehead atoms. The highest BCUT2D eigenvalue weighted by atomic mass is 79.9. The van der Waals surface area contributed by atoms with E-state index in [2.05, 4.69) is 44.9 Å². The Balaban J connectivity index is 1.92. The minimum absolute atomic E-state index is 0.302. The van der Waals surface area contributed by atoms with Gasteiger partial charge in [-0.25, -0.2) is 0 Å². The van der Waals surface area contributed by atoms with Crippen molar-refractivity contribution in [3.8, 4) is 0 Å². The maximum Gasteiger partial charge on any atom is 0.0544 e. The summed E-state index contributed by atoms with van der Waals surface area (Å²) < 4.78 is 1.04. The molecule has 2 atom stereocenters. The summed E-state index contributed by atoms with van der Waals surface area (Å²) in [6.07, 6.45) is 4.38. The largest absolute Gasteiger partial charge is 0.328 e. The molecule has 4 heteroatoms. The molecule has 0 radical (unpaired) electrons. The van der Waals surface area contributed by atoms with Crippen LogP contribution < -0.4 is 5.73 Å². The second-order valence-electron chi connectivity index (χ2n) is 4.96. The normalized spacial score (nSPS) is 23.6. The van der Waals surface area contributed by atoms with Gasteiger partial charge in [0.25, 0.3) is 0 Å². The van der Waals surface area contributed by atoms with Crippen LogP contribution in [0.15, 0.2) is 22.8 Å². The number of nitrogens with two attached hydrogens (primary N) is 1. The van der Waals surface area contributed by atoms with Crippen molar-refractivity contribution in [3.63, 3.8) is 0 Å². The fourth-order valence-corrected chi connectivity index (χ4v) is 2.63. The van der Waals surface area contributed by atoms with Crippen molar-refractivity contribution in [1.29, 1.82) is 0 Å². The van der Waals surface area contributed by atoms with Gasteiger partial charge in [-0.2, -0.15) is 0 Å². The summed E-state index contributed by atoms with van der Waals surface area (Å²) in [6.45, 7) is 5.33. The number of hydrogen-bond donors (Lipinski definition) is 1. The molecule has 0 amide bonds. The Morgan fingerprint density at radius 2 is 2.41 bits per heavy atom. The minimum Gasteiger partial charge on any atom is -0.328 e. The fourth-order valence-electron chi connectivity index (χ4n) is 2.39. The van der Waals surface area contributed by atoms with E-state index < -0.39 is 0 Å². The Bertz CT molecular complexity index is 350. The van der Waals surface area contributed by atoms with Gasteiger partial charge in [0, 0.05) is 29.8 Å². The number of likely N-dealkylation sites (tertiary alicyclic amines) is 1. The summed E-state index contributed by atoms with van der Waals surface area (Å²) in [4.78, 5) is 6.89. The highest BCUT2D eigenvalue weighted by Crippen LogP contribution is 2.20. The molecule has 0 saturated carbocycles. The van der Waals surface area contributed by atoms with E-state index in [0.717, 1.165) is 23.3 Å². The van der Waals surface area contributed by atoms with Crippen LogP contribution in [0, 0.1) is 5.92 Å². The topological polar surface area (TPSA) is 42.1 Å². The standard InChI is InChI=1S/C13H20BrN3/c1-10(15)11-3-2-6-17(8-11)9-13-5-4-12(14)7-16-13/h4-5,7,10-11H,2-3,6,8-9,15H2,1H3. The number of rotatable bonds is 3. The number of nitrogens with zero attached hydrogens (tertiary/aromatic N) is 2. The van der Waals surface area contributed by atoms with Crippen molar-refractivity contribution < 1.29 is 0 Å². The van der Waals surface area contributed by atoms with Crippen LogP contribution in [0.4, 0.5) is 0 Å². The third kappa shape index (κ3) is 3.76. The van der Waals surface area contributed by atoms with Gasteiger partial charge in [-0.05, 0) is 60.3 Å². The van der Waals surface area contributed by atoms with Crippen LogP contribution in [-0.2, 0) is 6.54 Å². The van der Waals surface area contributed by atoms with Gasteiger partial charge in [0.05, 0.1) is 5.69 Å². The number of pyridine rings is 1. The maximum atomic E-state index is 5.99. The zero-order valence-electron chi connectivity index (χ0n) is 10.3. The molecule has 2 heterocycles. The summed E-state index contributed by atoms with van der Waals surface area (Å²) in [6, 6.07) is 4.44. The minimum atomic E-state index is 0.302. The van der Waals surface area contributed by atoms with Gasteiger partial charge in [-0.15, -0.1) is 0 Å². The van der Waals surface area contributed by atoms with Gasteiger partial charge in [0.1, 0.15) is 0 Å². The third-order valence-electron chi connectivity index (χ3n) is 3.46. The third-order valence-corrected chi connectivity index (χ3v) is 3.93. The van der Waals surface area contributed by atoms with Crippen molar-refractivity contribution >= 4 is 15.9 Å². The summed E-state index contributed by atoms with van der Waals surface area (Å²) >= 11 is 3.41. The number of hydrogen-bond acceptors (Lipinski definition) is 3. The summed E-state index contributed by atoms with van der Waals surface area (Å²) in [7, 11) is 0. The molecule has 2 rings (SSSR count). The smallest absolute Gasteiger partial charge is 0.0544 e. The second kappa shape index (κ2) is 5.94. The van der Waals surface area contributed by atoms with Gasteiger partial charge in [-0.3, -0.25) is 9.88 Å². The van der Waals surface area contributed by atoms with E-state index in [1.165, 1.54) is 19.4 Å². The van der Waals surface area contributed by atoms with Crippen LogP contribution in [-0.4, -0.2) is 29.0 Å². The number of aromatic nitrogens is 1. The summed E-state index contributed by atoms with van der Waals surface area (Å²) in [5, 5.41) is 0. The van der Waals surface area contributed by atoms with Gasteiger partial charge in [0.2, 0.25) is 0 Å².